The zero-order valence-electron chi connectivity index (χ0n) is 16.8. The molecule has 1 aromatic heterocycles. The standard InChI is InChI=1S/C21H30N2O4/c1-5-22-19(26)21(9-7-6-8-10-21)23-18(25)17-13(2)16-14(24)11-20(3,4)12-15(16)27-17/h5-12H2,1-4H3,(H,22,26)(H,23,25). The van der Waals surface area contributed by atoms with Gasteiger partial charge in [0.1, 0.15) is 11.3 Å². The molecule has 1 saturated carbocycles. The molecule has 0 saturated heterocycles. The summed E-state index contributed by atoms with van der Waals surface area (Å²) in [5.74, 6) is 0.248. The van der Waals surface area contributed by atoms with Gasteiger partial charge in [-0.3, -0.25) is 14.4 Å². The van der Waals surface area contributed by atoms with Crippen LogP contribution in [-0.4, -0.2) is 29.7 Å². The van der Waals surface area contributed by atoms with Crippen molar-refractivity contribution < 1.29 is 18.8 Å². The molecular weight excluding hydrogens is 344 g/mol. The van der Waals surface area contributed by atoms with Crippen molar-refractivity contribution in [2.45, 2.75) is 78.2 Å². The van der Waals surface area contributed by atoms with E-state index in [0.717, 1.165) is 19.3 Å². The number of ketones is 1. The summed E-state index contributed by atoms with van der Waals surface area (Å²) in [5.41, 5.74) is 0.0715. The van der Waals surface area contributed by atoms with E-state index in [0.29, 0.717) is 49.1 Å². The summed E-state index contributed by atoms with van der Waals surface area (Å²) in [6.45, 7) is 8.20. The van der Waals surface area contributed by atoms with Gasteiger partial charge in [0.25, 0.3) is 5.91 Å². The minimum Gasteiger partial charge on any atom is -0.455 e. The Hall–Kier alpha value is -2.11. The maximum atomic E-state index is 13.0. The van der Waals surface area contributed by atoms with Gasteiger partial charge in [-0.25, -0.2) is 0 Å². The van der Waals surface area contributed by atoms with Crippen LogP contribution in [0.3, 0.4) is 0 Å². The third-order valence-electron chi connectivity index (χ3n) is 5.81. The van der Waals surface area contributed by atoms with Crippen LogP contribution in [0.1, 0.15) is 91.5 Å². The average Bonchev–Trinajstić information content (AvgIpc) is 2.91. The highest BCUT2D eigenvalue weighted by Gasteiger charge is 2.43. The van der Waals surface area contributed by atoms with E-state index < -0.39 is 11.4 Å². The van der Waals surface area contributed by atoms with E-state index in [1.807, 2.05) is 20.8 Å². The van der Waals surface area contributed by atoms with Crippen molar-refractivity contribution in [2.24, 2.45) is 5.41 Å². The van der Waals surface area contributed by atoms with Crippen molar-refractivity contribution in [1.29, 1.82) is 0 Å². The lowest BCUT2D eigenvalue weighted by Gasteiger charge is -2.36. The Morgan fingerprint density at radius 2 is 1.78 bits per heavy atom. The Balaban J connectivity index is 1.90. The van der Waals surface area contributed by atoms with Crippen LogP contribution in [0.2, 0.25) is 0 Å². The van der Waals surface area contributed by atoms with Crippen molar-refractivity contribution in [3.05, 3.63) is 22.6 Å². The van der Waals surface area contributed by atoms with Gasteiger partial charge in [-0.15, -0.1) is 0 Å². The Labute approximate surface area is 160 Å². The molecule has 0 unspecified atom stereocenters. The predicted octanol–water partition coefficient (Wildman–Crippen LogP) is 3.31. The number of carbonyl (C=O) groups is 3. The Bertz CT molecular complexity index is 769. The second-order valence-electron chi connectivity index (χ2n) is 8.75. The van der Waals surface area contributed by atoms with Crippen LogP contribution in [0.25, 0.3) is 0 Å². The van der Waals surface area contributed by atoms with Crippen LogP contribution in [0.5, 0.6) is 0 Å². The number of fused-ring (bicyclic) bond motifs is 1. The van der Waals surface area contributed by atoms with Gasteiger partial charge >= 0.3 is 0 Å². The van der Waals surface area contributed by atoms with Crippen molar-refractivity contribution in [3.8, 4) is 0 Å². The molecule has 0 spiro atoms. The molecule has 6 nitrogen and oxygen atoms in total. The largest absolute Gasteiger partial charge is 0.455 e. The molecule has 2 aliphatic carbocycles. The summed E-state index contributed by atoms with van der Waals surface area (Å²) in [4.78, 5) is 38.3. The van der Waals surface area contributed by atoms with Crippen LogP contribution >= 0.6 is 0 Å². The number of carbonyl (C=O) groups excluding carboxylic acids is 3. The maximum absolute atomic E-state index is 13.0. The fraction of sp³-hybridized carbons (Fsp3) is 0.667. The molecule has 2 aliphatic rings. The number of hydrogen-bond donors (Lipinski definition) is 2. The summed E-state index contributed by atoms with van der Waals surface area (Å²) in [5, 5.41) is 5.82. The van der Waals surface area contributed by atoms with Gasteiger partial charge in [0.2, 0.25) is 5.91 Å². The summed E-state index contributed by atoms with van der Waals surface area (Å²) in [6.07, 6.45) is 5.18. The molecule has 6 heteroatoms. The molecule has 148 valence electrons. The Kier molecular flexibility index (Phi) is 5.19. The van der Waals surface area contributed by atoms with Gasteiger partial charge < -0.3 is 15.1 Å². The first-order chi connectivity index (χ1) is 12.7. The first kappa shape index (κ1) is 19.6. The number of rotatable bonds is 4. The average molecular weight is 374 g/mol. The Morgan fingerprint density at radius 3 is 2.41 bits per heavy atom. The normalized spacial score (nSPS) is 20.7. The predicted molar refractivity (Wildman–Crippen MR) is 102 cm³/mol. The molecule has 3 rings (SSSR count). The SMILES string of the molecule is CCNC(=O)C1(NC(=O)c2oc3c(c2C)C(=O)CC(C)(C)C3)CCCCC1. The van der Waals surface area contributed by atoms with E-state index in [1.165, 1.54) is 0 Å². The molecule has 27 heavy (non-hydrogen) atoms. The highest BCUT2D eigenvalue weighted by Crippen LogP contribution is 2.38. The van der Waals surface area contributed by atoms with Crippen LogP contribution in [0.15, 0.2) is 4.42 Å². The highest BCUT2D eigenvalue weighted by atomic mass is 16.4. The quantitative estimate of drug-likeness (QED) is 0.846. The Morgan fingerprint density at radius 1 is 1.11 bits per heavy atom. The lowest BCUT2D eigenvalue weighted by atomic mass is 9.76. The topological polar surface area (TPSA) is 88.4 Å². The van der Waals surface area contributed by atoms with Gasteiger partial charge in [0, 0.05) is 24.9 Å². The molecule has 2 N–H and O–H groups in total. The molecule has 0 atom stereocenters. The summed E-state index contributed by atoms with van der Waals surface area (Å²) < 4.78 is 5.87. The van der Waals surface area contributed by atoms with E-state index in [1.54, 1.807) is 6.92 Å². The molecule has 0 bridgehead atoms. The first-order valence-electron chi connectivity index (χ1n) is 9.95. The van der Waals surface area contributed by atoms with Gasteiger partial charge in [0.05, 0.1) is 5.56 Å². The van der Waals surface area contributed by atoms with Crippen molar-refractivity contribution in [2.75, 3.05) is 6.54 Å². The molecule has 0 aliphatic heterocycles. The summed E-state index contributed by atoms with van der Waals surface area (Å²) in [6, 6.07) is 0. The molecule has 1 fully saturated rings. The van der Waals surface area contributed by atoms with E-state index >= 15 is 0 Å². The number of furan rings is 1. The van der Waals surface area contributed by atoms with Crippen molar-refractivity contribution in [1.82, 2.24) is 10.6 Å². The lowest BCUT2D eigenvalue weighted by Crippen LogP contribution is -2.59. The van der Waals surface area contributed by atoms with Gasteiger partial charge in [-0.1, -0.05) is 33.1 Å². The van der Waals surface area contributed by atoms with E-state index in [4.69, 9.17) is 4.42 Å². The third kappa shape index (κ3) is 3.66. The molecule has 1 aromatic rings. The van der Waals surface area contributed by atoms with Crippen LogP contribution in [0, 0.1) is 12.3 Å². The van der Waals surface area contributed by atoms with Crippen molar-refractivity contribution >= 4 is 17.6 Å². The smallest absolute Gasteiger partial charge is 0.288 e. The zero-order chi connectivity index (χ0) is 19.8. The van der Waals surface area contributed by atoms with Crippen LogP contribution < -0.4 is 10.6 Å². The third-order valence-corrected chi connectivity index (χ3v) is 5.81. The van der Waals surface area contributed by atoms with Gasteiger partial charge in [-0.2, -0.15) is 0 Å². The molecule has 1 heterocycles. The molecular formula is C21H30N2O4. The van der Waals surface area contributed by atoms with E-state index in [2.05, 4.69) is 10.6 Å². The summed E-state index contributed by atoms with van der Waals surface area (Å²) >= 11 is 0. The number of amides is 2. The fourth-order valence-electron chi connectivity index (χ4n) is 4.47. The molecule has 0 radical (unpaired) electrons. The number of Topliss-reactive ketones (excluding diaryl/α,β-unsaturated/α-hetero) is 1. The monoisotopic (exact) mass is 374 g/mol. The number of nitrogens with one attached hydrogen (secondary N) is 2. The zero-order valence-corrected chi connectivity index (χ0v) is 16.8. The van der Waals surface area contributed by atoms with Crippen LogP contribution in [0.4, 0.5) is 0 Å². The second kappa shape index (κ2) is 7.13. The molecule has 0 aromatic carbocycles. The lowest BCUT2D eigenvalue weighted by molar-refractivity contribution is -0.128. The number of hydrogen-bond acceptors (Lipinski definition) is 4. The van der Waals surface area contributed by atoms with Crippen LogP contribution in [-0.2, 0) is 11.2 Å². The van der Waals surface area contributed by atoms with E-state index in [9.17, 15) is 14.4 Å². The van der Waals surface area contributed by atoms with Gasteiger partial charge in [0.15, 0.2) is 11.5 Å². The number of likely N-dealkylation sites (N-methyl/N-ethyl adjacent to an activating group) is 1. The first-order valence-corrected chi connectivity index (χ1v) is 9.95. The van der Waals surface area contributed by atoms with Gasteiger partial charge in [-0.05, 0) is 32.1 Å². The second-order valence-corrected chi connectivity index (χ2v) is 8.75. The van der Waals surface area contributed by atoms with E-state index in [-0.39, 0.29) is 22.9 Å². The molecule has 2 amide bonds. The maximum Gasteiger partial charge on any atom is 0.288 e. The minimum absolute atomic E-state index is 0.0256. The van der Waals surface area contributed by atoms with Crippen molar-refractivity contribution in [3.63, 3.8) is 0 Å². The highest BCUT2D eigenvalue weighted by molar-refractivity contribution is 6.05. The summed E-state index contributed by atoms with van der Waals surface area (Å²) in [7, 11) is 0. The fourth-order valence-corrected chi connectivity index (χ4v) is 4.47. The minimum atomic E-state index is -0.894.